The molecule has 0 aliphatic carbocycles. The van der Waals surface area contributed by atoms with Gasteiger partial charge < -0.3 is 10.3 Å². The number of aryl methyl sites for hydroxylation is 1. The number of aromatic amines is 1. The van der Waals surface area contributed by atoms with Crippen LogP contribution in [0.5, 0.6) is 0 Å². The number of hydrogen-bond acceptors (Lipinski definition) is 4. The third-order valence-electron chi connectivity index (χ3n) is 5.38. The Bertz CT molecular complexity index is 1280. The minimum atomic E-state index is -3.51. The van der Waals surface area contributed by atoms with Gasteiger partial charge in [0.2, 0.25) is 10.0 Å². The lowest BCUT2D eigenvalue weighted by molar-refractivity contribution is 0.346. The summed E-state index contributed by atoms with van der Waals surface area (Å²) >= 11 is 11.5. The minimum Gasteiger partial charge on any atom is -0.361 e. The largest absolute Gasteiger partial charge is 0.361 e. The molecule has 2 heterocycles. The molecule has 0 spiro atoms. The third-order valence-corrected chi connectivity index (χ3v) is 7.78. The van der Waals surface area contributed by atoms with Crippen molar-refractivity contribution >= 4 is 61.8 Å². The summed E-state index contributed by atoms with van der Waals surface area (Å²) in [6.45, 7) is 3.10. The number of sulfonamides is 1. The molecule has 3 N–H and O–H groups in total. The molecule has 0 atom stereocenters. The molecule has 7 nitrogen and oxygen atoms in total. The quantitative estimate of drug-likeness (QED) is 0.276. The van der Waals surface area contributed by atoms with Crippen molar-refractivity contribution in [1.82, 2.24) is 14.7 Å². The van der Waals surface area contributed by atoms with Crippen molar-refractivity contribution in [3.63, 3.8) is 0 Å². The van der Waals surface area contributed by atoms with Crippen LogP contribution in [0.15, 0.2) is 52.6 Å². The van der Waals surface area contributed by atoms with Crippen LogP contribution < -0.4 is 10.7 Å². The number of rotatable bonds is 5. The predicted molar refractivity (Wildman–Crippen MR) is 134 cm³/mol. The van der Waals surface area contributed by atoms with E-state index in [-0.39, 0.29) is 0 Å². The molecule has 4 rings (SSSR count). The van der Waals surface area contributed by atoms with E-state index < -0.39 is 10.0 Å². The van der Waals surface area contributed by atoms with Crippen LogP contribution in [0.2, 0.25) is 5.02 Å². The van der Waals surface area contributed by atoms with Gasteiger partial charge in [0.15, 0.2) is 5.11 Å². The predicted octanol–water partition coefficient (Wildman–Crippen LogP) is 4.62. The highest BCUT2D eigenvalue weighted by atomic mass is 35.5. The number of nitrogens with one attached hydrogen (secondary N) is 3. The number of anilines is 1. The maximum atomic E-state index is 13.0. The SMILES string of the molecule is Cc1ccc(NC(=S)N/N=C/c2c[nH]c3ccc(S(=O)(=O)N4CCCCC4)cc23)c(Cl)c1. The van der Waals surface area contributed by atoms with E-state index in [1.54, 1.807) is 34.9 Å². The molecule has 0 saturated carbocycles. The van der Waals surface area contributed by atoms with Crippen LogP contribution in [0.1, 0.15) is 30.4 Å². The second kappa shape index (κ2) is 9.58. The number of aromatic nitrogens is 1. The molecule has 1 saturated heterocycles. The molecule has 0 bridgehead atoms. The normalized spacial score (nSPS) is 15.3. The molecule has 32 heavy (non-hydrogen) atoms. The van der Waals surface area contributed by atoms with Gasteiger partial charge in [-0.1, -0.05) is 24.1 Å². The van der Waals surface area contributed by atoms with Crippen molar-refractivity contribution in [2.45, 2.75) is 31.1 Å². The van der Waals surface area contributed by atoms with E-state index >= 15 is 0 Å². The lowest BCUT2D eigenvalue weighted by Crippen LogP contribution is -2.35. The average Bonchev–Trinajstić information content (AvgIpc) is 3.19. The van der Waals surface area contributed by atoms with E-state index in [1.165, 1.54) is 0 Å². The molecule has 1 aliphatic rings. The Hall–Kier alpha value is -2.46. The third kappa shape index (κ3) is 4.96. The number of nitrogens with zero attached hydrogens (tertiary/aromatic N) is 2. The van der Waals surface area contributed by atoms with Gasteiger partial charge in [-0.05, 0) is 67.9 Å². The Morgan fingerprint density at radius 1 is 1.19 bits per heavy atom. The molecule has 168 valence electrons. The van der Waals surface area contributed by atoms with Crippen molar-refractivity contribution in [2.24, 2.45) is 5.10 Å². The van der Waals surface area contributed by atoms with Gasteiger partial charge in [-0.2, -0.15) is 9.41 Å². The summed E-state index contributed by atoms with van der Waals surface area (Å²) in [5, 5.41) is 8.82. The first-order valence-corrected chi connectivity index (χ1v) is 12.5. The van der Waals surface area contributed by atoms with Crippen LogP contribution in [0.4, 0.5) is 5.69 Å². The minimum absolute atomic E-state index is 0.292. The van der Waals surface area contributed by atoms with E-state index in [0.29, 0.717) is 33.8 Å². The van der Waals surface area contributed by atoms with E-state index in [9.17, 15) is 8.42 Å². The molecule has 0 unspecified atom stereocenters. The fourth-order valence-electron chi connectivity index (χ4n) is 3.68. The number of piperidine rings is 1. The molecule has 1 fully saturated rings. The van der Waals surface area contributed by atoms with Gasteiger partial charge in [-0.3, -0.25) is 5.43 Å². The van der Waals surface area contributed by atoms with Gasteiger partial charge in [0.05, 0.1) is 21.8 Å². The second-order valence-corrected chi connectivity index (χ2v) is 10.5. The highest BCUT2D eigenvalue weighted by Gasteiger charge is 2.26. The Morgan fingerprint density at radius 3 is 2.72 bits per heavy atom. The number of hydrazone groups is 1. The van der Waals surface area contributed by atoms with Crippen molar-refractivity contribution in [1.29, 1.82) is 0 Å². The van der Waals surface area contributed by atoms with Crippen LogP contribution in [0.3, 0.4) is 0 Å². The Balaban J connectivity index is 1.49. The number of H-pyrrole nitrogens is 1. The summed E-state index contributed by atoms with van der Waals surface area (Å²) in [6, 6.07) is 10.7. The smallest absolute Gasteiger partial charge is 0.243 e. The van der Waals surface area contributed by atoms with Crippen LogP contribution in [0.25, 0.3) is 10.9 Å². The Morgan fingerprint density at radius 2 is 1.97 bits per heavy atom. The average molecular weight is 490 g/mol. The zero-order valence-electron chi connectivity index (χ0n) is 17.6. The summed E-state index contributed by atoms with van der Waals surface area (Å²) < 4.78 is 27.6. The molecular weight excluding hydrogens is 466 g/mol. The maximum absolute atomic E-state index is 13.0. The summed E-state index contributed by atoms with van der Waals surface area (Å²) in [4.78, 5) is 3.44. The number of halogens is 1. The highest BCUT2D eigenvalue weighted by molar-refractivity contribution is 7.89. The number of hydrogen-bond donors (Lipinski definition) is 3. The molecular formula is C22H24ClN5O2S2. The first-order valence-electron chi connectivity index (χ1n) is 10.3. The van der Waals surface area contributed by atoms with Crippen molar-refractivity contribution in [3.05, 3.63) is 58.7 Å². The topological polar surface area (TPSA) is 89.6 Å². The van der Waals surface area contributed by atoms with E-state index in [4.69, 9.17) is 23.8 Å². The van der Waals surface area contributed by atoms with E-state index in [1.807, 2.05) is 25.1 Å². The van der Waals surface area contributed by atoms with Crippen molar-refractivity contribution in [3.8, 4) is 0 Å². The van der Waals surface area contributed by atoms with Crippen LogP contribution in [-0.4, -0.2) is 42.1 Å². The van der Waals surface area contributed by atoms with Gasteiger partial charge in [0, 0.05) is 35.8 Å². The maximum Gasteiger partial charge on any atom is 0.243 e. The number of thiocarbonyl (C=S) groups is 1. The van der Waals surface area contributed by atoms with E-state index in [2.05, 4.69) is 20.8 Å². The summed E-state index contributed by atoms with van der Waals surface area (Å²) in [5.41, 5.74) is 6.08. The molecule has 1 aliphatic heterocycles. The number of fused-ring (bicyclic) bond motifs is 1. The molecule has 1 aromatic heterocycles. The van der Waals surface area contributed by atoms with Crippen molar-refractivity contribution < 1.29 is 8.42 Å². The standard InChI is InChI=1S/C22H24ClN5O2S2/c1-15-5-7-21(19(23)11-15)26-22(31)27-25-14-16-13-24-20-8-6-17(12-18(16)20)32(29,30)28-9-3-2-4-10-28/h5-8,11-14,24H,2-4,9-10H2,1H3,(H2,26,27,31)/b25-14+. The molecule has 0 radical (unpaired) electrons. The van der Waals surface area contributed by atoms with Crippen LogP contribution >= 0.6 is 23.8 Å². The lowest BCUT2D eigenvalue weighted by Gasteiger charge is -2.25. The number of benzene rings is 2. The second-order valence-electron chi connectivity index (χ2n) is 7.72. The fourth-order valence-corrected chi connectivity index (χ4v) is 5.66. The van der Waals surface area contributed by atoms with Crippen molar-refractivity contribution in [2.75, 3.05) is 18.4 Å². The Kier molecular flexibility index (Phi) is 6.80. The van der Waals surface area contributed by atoms with Gasteiger partial charge >= 0.3 is 0 Å². The van der Waals surface area contributed by atoms with Gasteiger partial charge in [0.25, 0.3) is 0 Å². The highest BCUT2D eigenvalue weighted by Crippen LogP contribution is 2.26. The van der Waals surface area contributed by atoms with Gasteiger partial charge in [-0.15, -0.1) is 0 Å². The first kappa shape index (κ1) is 22.7. The molecule has 0 amide bonds. The summed E-state index contributed by atoms with van der Waals surface area (Å²) in [5.74, 6) is 0. The van der Waals surface area contributed by atoms with Gasteiger partial charge in [0.1, 0.15) is 0 Å². The van der Waals surface area contributed by atoms with Crippen LogP contribution in [-0.2, 0) is 10.0 Å². The Labute approximate surface area is 197 Å². The summed E-state index contributed by atoms with van der Waals surface area (Å²) in [6.07, 6.45) is 6.25. The molecule has 3 aromatic rings. The molecule has 10 heteroatoms. The first-order chi connectivity index (χ1) is 15.3. The van der Waals surface area contributed by atoms with E-state index in [0.717, 1.165) is 41.3 Å². The fraction of sp³-hybridized carbons (Fsp3) is 0.273. The van der Waals surface area contributed by atoms with Gasteiger partial charge in [-0.25, -0.2) is 8.42 Å². The zero-order chi connectivity index (χ0) is 22.7. The monoisotopic (exact) mass is 489 g/mol. The summed E-state index contributed by atoms with van der Waals surface area (Å²) in [7, 11) is -3.51. The lowest BCUT2D eigenvalue weighted by atomic mass is 10.2. The molecule has 2 aromatic carbocycles. The van der Waals surface area contributed by atoms with Crippen LogP contribution in [0, 0.1) is 6.92 Å². The zero-order valence-corrected chi connectivity index (χ0v) is 19.9.